The fraction of sp³-hybridized carbons (Fsp3) is 0.391. The van der Waals surface area contributed by atoms with Crippen LogP contribution in [0.2, 0.25) is 0 Å². The second kappa shape index (κ2) is 10.5. The Bertz CT molecular complexity index is 847. The third kappa shape index (κ3) is 6.24. The maximum Gasteiger partial charge on any atom is 0.228 e. The zero-order chi connectivity index (χ0) is 20.5. The second-order valence-corrected chi connectivity index (χ2v) is 7.13. The molecule has 6 heteroatoms. The number of methoxy groups -OCH3 is 2. The molecule has 0 fully saturated rings. The van der Waals surface area contributed by atoms with Crippen molar-refractivity contribution in [3.05, 3.63) is 53.7 Å². The summed E-state index contributed by atoms with van der Waals surface area (Å²) in [6.07, 6.45) is 10.4. The number of nitrogens with one attached hydrogen (secondary N) is 2. The van der Waals surface area contributed by atoms with E-state index in [1.807, 2.05) is 24.3 Å². The summed E-state index contributed by atoms with van der Waals surface area (Å²) < 4.78 is 10.5. The lowest BCUT2D eigenvalue weighted by molar-refractivity contribution is -0.115. The Hall–Kier alpha value is -3.02. The molecular weight excluding hydrogens is 366 g/mol. The van der Waals surface area contributed by atoms with Gasteiger partial charge in [-0.2, -0.15) is 0 Å². The molecule has 1 amide bonds. The molecule has 0 bridgehead atoms. The summed E-state index contributed by atoms with van der Waals surface area (Å²) in [4.78, 5) is 16.7. The van der Waals surface area contributed by atoms with Crippen LogP contribution in [-0.2, 0) is 11.2 Å². The molecule has 2 aromatic rings. The average molecular weight is 396 g/mol. The lowest BCUT2D eigenvalue weighted by atomic mass is 9.97. The van der Waals surface area contributed by atoms with Crippen molar-refractivity contribution in [3.63, 3.8) is 0 Å². The van der Waals surface area contributed by atoms with E-state index < -0.39 is 0 Å². The van der Waals surface area contributed by atoms with E-state index >= 15 is 0 Å². The molecule has 1 aliphatic carbocycles. The monoisotopic (exact) mass is 395 g/mol. The van der Waals surface area contributed by atoms with Crippen LogP contribution in [0.1, 0.15) is 37.7 Å². The number of anilines is 2. The molecule has 29 heavy (non-hydrogen) atoms. The van der Waals surface area contributed by atoms with Gasteiger partial charge >= 0.3 is 0 Å². The van der Waals surface area contributed by atoms with Gasteiger partial charge in [-0.05, 0) is 61.9 Å². The summed E-state index contributed by atoms with van der Waals surface area (Å²) in [5, 5.41) is 6.23. The van der Waals surface area contributed by atoms with Crippen molar-refractivity contribution < 1.29 is 14.3 Å². The molecule has 154 valence electrons. The molecule has 3 rings (SSSR count). The van der Waals surface area contributed by atoms with Crippen molar-refractivity contribution in [2.75, 3.05) is 31.4 Å². The fourth-order valence-electron chi connectivity index (χ4n) is 3.44. The van der Waals surface area contributed by atoms with E-state index in [9.17, 15) is 4.79 Å². The highest BCUT2D eigenvalue weighted by atomic mass is 16.5. The first kappa shape index (κ1) is 20.7. The number of rotatable bonds is 9. The third-order valence-corrected chi connectivity index (χ3v) is 5.00. The van der Waals surface area contributed by atoms with Gasteiger partial charge in [-0.15, -0.1) is 0 Å². The van der Waals surface area contributed by atoms with E-state index in [0.717, 1.165) is 24.3 Å². The Morgan fingerprint density at radius 3 is 2.66 bits per heavy atom. The van der Waals surface area contributed by atoms with E-state index in [0.29, 0.717) is 17.2 Å². The second-order valence-electron chi connectivity index (χ2n) is 7.13. The molecular formula is C23H29N3O3. The lowest BCUT2D eigenvalue weighted by Crippen LogP contribution is -2.15. The van der Waals surface area contributed by atoms with Crippen molar-refractivity contribution in [1.29, 1.82) is 0 Å². The van der Waals surface area contributed by atoms with Gasteiger partial charge in [0.05, 0.1) is 32.5 Å². The number of allylic oxidation sites excluding steroid dienone is 1. The quantitative estimate of drug-likeness (QED) is 0.608. The maximum absolute atomic E-state index is 12.3. The molecule has 0 unspecified atom stereocenters. The van der Waals surface area contributed by atoms with Gasteiger partial charge in [0.1, 0.15) is 5.82 Å². The molecule has 0 spiro atoms. The summed E-state index contributed by atoms with van der Waals surface area (Å²) in [6.45, 7) is 0.879. The van der Waals surface area contributed by atoms with Crippen LogP contribution in [0.5, 0.6) is 11.5 Å². The van der Waals surface area contributed by atoms with Gasteiger partial charge in [0.25, 0.3) is 0 Å². The predicted octanol–water partition coefficient (Wildman–Crippen LogP) is 4.58. The normalized spacial score (nSPS) is 13.4. The van der Waals surface area contributed by atoms with Crippen LogP contribution in [0.15, 0.2) is 48.2 Å². The first-order valence-electron chi connectivity index (χ1n) is 10.1. The van der Waals surface area contributed by atoms with Crippen molar-refractivity contribution >= 4 is 17.4 Å². The molecule has 0 saturated heterocycles. The molecule has 1 heterocycles. The van der Waals surface area contributed by atoms with Crippen LogP contribution >= 0.6 is 0 Å². The standard InChI is InChI=1S/C23H29N3O3/c1-28-20-10-8-18(14-21(20)29-2)15-23(27)26-19-9-11-22(25-16-19)24-13-12-17-6-4-3-5-7-17/h6,8-11,14,16H,3-5,7,12-13,15H2,1-2H3,(H,24,25)(H,26,27). The predicted molar refractivity (Wildman–Crippen MR) is 116 cm³/mol. The number of aromatic nitrogens is 1. The smallest absolute Gasteiger partial charge is 0.228 e. The molecule has 0 atom stereocenters. The number of carbonyl (C=O) groups is 1. The summed E-state index contributed by atoms with van der Waals surface area (Å²) in [6, 6.07) is 9.22. The number of carbonyl (C=O) groups excluding carboxylic acids is 1. The maximum atomic E-state index is 12.3. The minimum Gasteiger partial charge on any atom is -0.493 e. The Morgan fingerprint density at radius 1 is 1.10 bits per heavy atom. The summed E-state index contributed by atoms with van der Waals surface area (Å²) >= 11 is 0. The number of hydrogen-bond acceptors (Lipinski definition) is 5. The Kier molecular flexibility index (Phi) is 7.50. The Labute approximate surface area is 172 Å². The molecule has 1 aromatic heterocycles. The highest BCUT2D eigenvalue weighted by molar-refractivity contribution is 5.92. The zero-order valence-corrected chi connectivity index (χ0v) is 17.2. The fourth-order valence-corrected chi connectivity index (χ4v) is 3.44. The van der Waals surface area contributed by atoms with Crippen LogP contribution in [0, 0.1) is 0 Å². The van der Waals surface area contributed by atoms with Crippen LogP contribution in [0.25, 0.3) is 0 Å². The van der Waals surface area contributed by atoms with Gasteiger partial charge in [0.2, 0.25) is 5.91 Å². The van der Waals surface area contributed by atoms with Crippen LogP contribution in [0.3, 0.4) is 0 Å². The molecule has 1 aliphatic rings. The van der Waals surface area contributed by atoms with Crippen molar-refractivity contribution in [3.8, 4) is 11.5 Å². The zero-order valence-electron chi connectivity index (χ0n) is 17.2. The van der Waals surface area contributed by atoms with Gasteiger partial charge in [0.15, 0.2) is 11.5 Å². The third-order valence-electron chi connectivity index (χ3n) is 5.00. The van der Waals surface area contributed by atoms with Gasteiger partial charge < -0.3 is 20.1 Å². The molecule has 6 nitrogen and oxygen atoms in total. The molecule has 0 radical (unpaired) electrons. The van der Waals surface area contributed by atoms with E-state index in [2.05, 4.69) is 21.7 Å². The topological polar surface area (TPSA) is 72.5 Å². The van der Waals surface area contributed by atoms with Crippen molar-refractivity contribution in [2.45, 2.75) is 38.5 Å². The minimum absolute atomic E-state index is 0.107. The number of benzene rings is 1. The highest BCUT2D eigenvalue weighted by Gasteiger charge is 2.09. The van der Waals surface area contributed by atoms with Crippen molar-refractivity contribution in [1.82, 2.24) is 4.98 Å². The summed E-state index contributed by atoms with van der Waals surface area (Å²) in [5.41, 5.74) is 3.07. The number of pyridine rings is 1. The number of ether oxygens (including phenoxy) is 2. The van der Waals surface area contributed by atoms with E-state index in [4.69, 9.17) is 9.47 Å². The molecule has 2 N–H and O–H groups in total. The van der Waals surface area contributed by atoms with E-state index in [1.54, 1.807) is 32.1 Å². The largest absolute Gasteiger partial charge is 0.493 e. The van der Waals surface area contributed by atoms with Crippen LogP contribution in [-0.4, -0.2) is 31.7 Å². The van der Waals surface area contributed by atoms with Crippen LogP contribution < -0.4 is 20.1 Å². The molecule has 1 aromatic carbocycles. The average Bonchev–Trinajstić information content (AvgIpc) is 2.75. The summed E-state index contributed by atoms with van der Waals surface area (Å²) in [7, 11) is 3.16. The number of nitrogens with zero attached hydrogens (tertiary/aromatic N) is 1. The van der Waals surface area contributed by atoms with Crippen molar-refractivity contribution in [2.24, 2.45) is 0 Å². The van der Waals surface area contributed by atoms with E-state index in [1.165, 1.54) is 25.7 Å². The molecule has 0 aliphatic heterocycles. The van der Waals surface area contributed by atoms with E-state index in [-0.39, 0.29) is 12.3 Å². The first-order valence-corrected chi connectivity index (χ1v) is 10.1. The van der Waals surface area contributed by atoms with Gasteiger partial charge in [-0.3, -0.25) is 4.79 Å². The Balaban J connectivity index is 1.47. The Morgan fingerprint density at radius 2 is 1.97 bits per heavy atom. The van der Waals surface area contributed by atoms with Gasteiger partial charge in [-0.1, -0.05) is 17.7 Å². The van der Waals surface area contributed by atoms with Gasteiger partial charge in [0, 0.05) is 6.54 Å². The molecule has 0 saturated carbocycles. The minimum atomic E-state index is -0.107. The SMILES string of the molecule is COc1ccc(CC(=O)Nc2ccc(NCCC3=CCCCC3)nc2)cc1OC. The van der Waals surface area contributed by atoms with Gasteiger partial charge in [-0.25, -0.2) is 4.98 Å². The number of amides is 1. The lowest BCUT2D eigenvalue weighted by Gasteiger charge is -2.13. The summed E-state index contributed by atoms with van der Waals surface area (Å²) in [5.74, 6) is 1.96. The number of hydrogen-bond donors (Lipinski definition) is 2. The first-order chi connectivity index (χ1) is 14.2. The van der Waals surface area contributed by atoms with Crippen LogP contribution in [0.4, 0.5) is 11.5 Å². The highest BCUT2D eigenvalue weighted by Crippen LogP contribution is 2.27.